The first-order valence-corrected chi connectivity index (χ1v) is 8.79. The molecular weight excluding hydrogens is 346 g/mol. The van der Waals surface area contributed by atoms with Crippen molar-refractivity contribution in [3.8, 4) is 11.5 Å². The Labute approximate surface area is 158 Å². The zero-order valence-corrected chi connectivity index (χ0v) is 15.7. The van der Waals surface area contributed by atoms with Crippen LogP contribution in [0.25, 0.3) is 0 Å². The minimum Gasteiger partial charge on any atom is -0.485 e. The molecular formula is C21H23NO5. The van der Waals surface area contributed by atoms with Crippen LogP contribution < -0.4 is 9.47 Å². The molecule has 0 spiro atoms. The normalized spacial score (nSPS) is 15.1. The first-order chi connectivity index (χ1) is 12.9. The predicted octanol–water partition coefficient (Wildman–Crippen LogP) is 2.65. The first-order valence-electron chi connectivity index (χ1n) is 8.79. The standard InChI is InChI=1S/C21H23NO5/c1-14-8-9-16(15(2)10-14)11-22(3)20(23)13-26-21(24)19-12-25-17-6-4-5-7-18(17)27-19/h4-10,19H,11-13H2,1-3H3/t19-/m0/s1. The van der Waals surface area contributed by atoms with Crippen LogP contribution in [0.5, 0.6) is 11.5 Å². The average molecular weight is 369 g/mol. The average Bonchev–Trinajstić information content (AvgIpc) is 2.67. The van der Waals surface area contributed by atoms with E-state index in [1.54, 1.807) is 30.1 Å². The van der Waals surface area contributed by atoms with Crippen molar-refractivity contribution in [3.63, 3.8) is 0 Å². The highest BCUT2D eigenvalue weighted by Gasteiger charge is 2.29. The van der Waals surface area contributed by atoms with E-state index in [0.717, 1.165) is 11.1 Å². The van der Waals surface area contributed by atoms with Crippen molar-refractivity contribution in [2.45, 2.75) is 26.5 Å². The van der Waals surface area contributed by atoms with Crippen molar-refractivity contribution in [1.82, 2.24) is 4.90 Å². The van der Waals surface area contributed by atoms with Gasteiger partial charge in [0.1, 0.15) is 6.61 Å². The summed E-state index contributed by atoms with van der Waals surface area (Å²) in [5.41, 5.74) is 3.36. The smallest absolute Gasteiger partial charge is 0.351 e. The van der Waals surface area contributed by atoms with E-state index in [2.05, 4.69) is 6.07 Å². The molecule has 0 fully saturated rings. The predicted molar refractivity (Wildman–Crippen MR) is 99.7 cm³/mol. The van der Waals surface area contributed by atoms with Gasteiger partial charge in [-0.25, -0.2) is 4.79 Å². The number of hydrogen-bond acceptors (Lipinski definition) is 5. The number of rotatable bonds is 5. The van der Waals surface area contributed by atoms with Crippen molar-refractivity contribution >= 4 is 11.9 Å². The van der Waals surface area contributed by atoms with E-state index in [9.17, 15) is 9.59 Å². The van der Waals surface area contributed by atoms with Gasteiger partial charge in [0, 0.05) is 13.6 Å². The van der Waals surface area contributed by atoms with E-state index in [4.69, 9.17) is 14.2 Å². The van der Waals surface area contributed by atoms with Crippen LogP contribution >= 0.6 is 0 Å². The van der Waals surface area contributed by atoms with Crippen molar-refractivity contribution in [3.05, 3.63) is 59.2 Å². The molecule has 0 bridgehead atoms. The molecule has 3 rings (SSSR count). The zero-order chi connectivity index (χ0) is 19.4. The van der Waals surface area contributed by atoms with E-state index in [1.165, 1.54) is 5.56 Å². The highest BCUT2D eigenvalue weighted by molar-refractivity contribution is 5.82. The van der Waals surface area contributed by atoms with E-state index in [1.807, 2.05) is 32.0 Å². The third-order valence-corrected chi connectivity index (χ3v) is 4.44. The molecule has 0 saturated carbocycles. The summed E-state index contributed by atoms with van der Waals surface area (Å²) < 4.78 is 16.2. The number of esters is 1. The lowest BCUT2D eigenvalue weighted by Crippen LogP contribution is -2.40. The maximum absolute atomic E-state index is 12.3. The summed E-state index contributed by atoms with van der Waals surface area (Å²) in [5.74, 6) is 0.188. The Morgan fingerprint density at radius 3 is 2.63 bits per heavy atom. The number of hydrogen-bond donors (Lipinski definition) is 0. The molecule has 1 heterocycles. The van der Waals surface area contributed by atoms with E-state index < -0.39 is 12.1 Å². The molecule has 1 aliphatic heterocycles. The van der Waals surface area contributed by atoms with Gasteiger partial charge in [0.15, 0.2) is 18.1 Å². The summed E-state index contributed by atoms with van der Waals surface area (Å²) in [6.45, 7) is 4.22. The Kier molecular flexibility index (Phi) is 5.64. The van der Waals surface area contributed by atoms with Crippen LogP contribution in [0.15, 0.2) is 42.5 Å². The number of para-hydroxylation sites is 2. The van der Waals surface area contributed by atoms with Gasteiger partial charge < -0.3 is 19.1 Å². The van der Waals surface area contributed by atoms with Gasteiger partial charge in [-0.15, -0.1) is 0 Å². The summed E-state index contributed by atoms with van der Waals surface area (Å²) in [4.78, 5) is 26.0. The van der Waals surface area contributed by atoms with Gasteiger partial charge in [-0.2, -0.15) is 0 Å². The SMILES string of the molecule is Cc1ccc(CN(C)C(=O)COC(=O)[C@@H]2COc3ccccc3O2)c(C)c1. The van der Waals surface area contributed by atoms with Gasteiger partial charge in [-0.3, -0.25) is 4.79 Å². The van der Waals surface area contributed by atoms with Crippen LogP contribution in [0.1, 0.15) is 16.7 Å². The third-order valence-electron chi connectivity index (χ3n) is 4.44. The van der Waals surface area contributed by atoms with Gasteiger partial charge >= 0.3 is 5.97 Å². The molecule has 1 aliphatic rings. The molecule has 6 nitrogen and oxygen atoms in total. The molecule has 0 aromatic heterocycles. The summed E-state index contributed by atoms with van der Waals surface area (Å²) in [6.07, 6.45) is -0.877. The van der Waals surface area contributed by atoms with Crippen molar-refractivity contribution in [2.75, 3.05) is 20.3 Å². The topological polar surface area (TPSA) is 65.1 Å². The Balaban J connectivity index is 1.50. The van der Waals surface area contributed by atoms with Crippen LogP contribution in [-0.2, 0) is 20.9 Å². The van der Waals surface area contributed by atoms with Crippen LogP contribution in [0.2, 0.25) is 0 Å². The number of likely N-dealkylation sites (N-methyl/N-ethyl adjacent to an activating group) is 1. The highest BCUT2D eigenvalue weighted by Crippen LogP contribution is 2.31. The van der Waals surface area contributed by atoms with Crippen molar-refractivity contribution in [1.29, 1.82) is 0 Å². The Hall–Kier alpha value is -3.02. The minimum absolute atomic E-state index is 0.0580. The summed E-state index contributed by atoms with van der Waals surface area (Å²) in [5, 5.41) is 0. The highest BCUT2D eigenvalue weighted by atomic mass is 16.6. The van der Waals surface area contributed by atoms with Crippen LogP contribution in [-0.4, -0.2) is 43.1 Å². The van der Waals surface area contributed by atoms with Gasteiger partial charge in [0.2, 0.25) is 6.10 Å². The number of aryl methyl sites for hydroxylation is 2. The minimum atomic E-state index is -0.877. The van der Waals surface area contributed by atoms with E-state index in [-0.39, 0.29) is 19.1 Å². The van der Waals surface area contributed by atoms with Gasteiger partial charge in [0.25, 0.3) is 5.91 Å². The Bertz CT molecular complexity index is 848. The van der Waals surface area contributed by atoms with Crippen LogP contribution in [0.4, 0.5) is 0 Å². The number of nitrogens with zero attached hydrogens (tertiary/aromatic N) is 1. The molecule has 142 valence electrons. The lowest BCUT2D eigenvalue weighted by molar-refractivity contribution is -0.159. The second kappa shape index (κ2) is 8.12. The second-order valence-corrected chi connectivity index (χ2v) is 6.65. The van der Waals surface area contributed by atoms with Crippen LogP contribution in [0, 0.1) is 13.8 Å². The number of carbonyl (C=O) groups excluding carboxylic acids is 2. The molecule has 27 heavy (non-hydrogen) atoms. The molecule has 0 aliphatic carbocycles. The molecule has 2 aromatic carbocycles. The molecule has 0 radical (unpaired) electrons. The number of fused-ring (bicyclic) bond motifs is 1. The summed E-state index contributed by atoms with van der Waals surface area (Å²) >= 11 is 0. The number of amides is 1. The fourth-order valence-electron chi connectivity index (χ4n) is 2.84. The molecule has 0 saturated heterocycles. The second-order valence-electron chi connectivity index (χ2n) is 6.65. The summed E-state index contributed by atoms with van der Waals surface area (Å²) in [6, 6.07) is 13.2. The van der Waals surface area contributed by atoms with Crippen molar-refractivity contribution in [2.24, 2.45) is 0 Å². The molecule has 6 heteroatoms. The van der Waals surface area contributed by atoms with Gasteiger partial charge in [0.05, 0.1) is 0 Å². The summed E-state index contributed by atoms with van der Waals surface area (Å²) in [7, 11) is 1.69. The maximum Gasteiger partial charge on any atom is 0.351 e. The number of carbonyl (C=O) groups is 2. The molecule has 0 N–H and O–H groups in total. The number of ether oxygens (including phenoxy) is 3. The van der Waals surface area contributed by atoms with Gasteiger partial charge in [-0.05, 0) is 37.1 Å². The Morgan fingerprint density at radius 1 is 1.15 bits per heavy atom. The quantitative estimate of drug-likeness (QED) is 0.758. The monoisotopic (exact) mass is 369 g/mol. The fraction of sp³-hybridized carbons (Fsp3) is 0.333. The molecule has 1 amide bonds. The fourth-order valence-corrected chi connectivity index (χ4v) is 2.84. The maximum atomic E-state index is 12.3. The molecule has 2 aromatic rings. The zero-order valence-electron chi connectivity index (χ0n) is 15.7. The van der Waals surface area contributed by atoms with E-state index >= 15 is 0 Å². The largest absolute Gasteiger partial charge is 0.485 e. The molecule has 1 atom stereocenters. The Morgan fingerprint density at radius 2 is 1.89 bits per heavy atom. The molecule has 0 unspecified atom stereocenters. The third kappa shape index (κ3) is 4.58. The number of benzene rings is 2. The van der Waals surface area contributed by atoms with Gasteiger partial charge in [-0.1, -0.05) is 35.9 Å². The van der Waals surface area contributed by atoms with E-state index in [0.29, 0.717) is 18.0 Å². The van der Waals surface area contributed by atoms with Crippen LogP contribution in [0.3, 0.4) is 0 Å². The lowest BCUT2D eigenvalue weighted by atomic mass is 10.1. The lowest BCUT2D eigenvalue weighted by Gasteiger charge is -2.25. The first kappa shape index (κ1) is 18.8. The van der Waals surface area contributed by atoms with Crippen molar-refractivity contribution < 1.29 is 23.8 Å².